The van der Waals surface area contributed by atoms with E-state index in [-0.39, 0.29) is 17.4 Å². The summed E-state index contributed by atoms with van der Waals surface area (Å²) in [6, 6.07) is 1.90. The van der Waals surface area contributed by atoms with Crippen LogP contribution in [0.15, 0.2) is 18.5 Å². The number of aryl methyl sites for hydroxylation is 2. The molecule has 0 aliphatic carbocycles. The molecule has 0 aliphatic heterocycles. The Bertz CT molecular complexity index is 990. The third-order valence-electron chi connectivity index (χ3n) is 4.52. The monoisotopic (exact) mass is 368 g/mol. The summed E-state index contributed by atoms with van der Waals surface area (Å²) in [7, 11) is 1.86. The van der Waals surface area contributed by atoms with Crippen molar-refractivity contribution in [2.45, 2.75) is 59.5 Å². The molecule has 144 valence electrons. The molecule has 0 atom stereocenters. The molecule has 0 unspecified atom stereocenters. The van der Waals surface area contributed by atoms with Crippen molar-refractivity contribution in [2.24, 2.45) is 7.05 Å². The first-order chi connectivity index (χ1) is 12.6. The van der Waals surface area contributed by atoms with Gasteiger partial charge in [0.1, 0.15) is 0 Å². The third kappa shape index (κ3) is 3.72. The molecule has 0 aliphatic rings. The average molecular weight is 368 g/mol. The molecular weight excluding hydrogens is 340 g/mol. The molecule has 0 aromatic carbocycles. The van der Waals surface area contributed by atoms with Crippen LogP contribution in [0.1, 0.15) is 67.8 Å². The van der Waals surface area contributed by atoms with Crippen molar-refractivity contribution in [3.63, 3.8) is 0 Å². The summed E-state index contributed by atoms with van der Waals surface area (Å²) in [4.78, 5) is 17.9. The first-order valence-corrected chi connectivity index (χ1v) is 9.24. The van der Waals surface area contributed by atoms with Crippen molar-refractivity contribution < 1.29 is 4.79 Å². The van der Waals surface area contributed by atoms with Gasteiger partial charge in [0.05, 0.1) is 28.4 Å². The first-order valence-electron chi connectivity index (χ1n) is 9.24. The minimum absolute atomic E-state index is 0.121. The van der Waals surface area contributed by atoms with Crippen LogP contribution in [0, 0.1) is 6.92 Å². The zero-order valence-electron chi connectivity index (χ0n) is 17.2. The van der Waals surface area contributed by atoms with Crippen LogP contribution in [0.2, 0.25) is 0 Å². The lowest BCUT2D eigenvalue weighted by Crippen LogP contribution is -2.25. The van der Waals surface area contributed by atoms with Crippen molar-refractivity contribution >= 4 is 16.9 Å². The Balaban J connectivity index is 2.07. The Morgan fingerprint density at radius 3 is 2.56 bits per heavy atom. The number of rotatable bonds is 4. The molecule has 3 aromatic rings. The van der Waals surface area contributed by atoms with Crippen molar-refractivity contribution in [3.8, 4) is 0 Å². The number of nitrogens with one attached hydrogen (secondary N) is 1. The number of hydrogen-bond donors (Lipinski definition) is 1. The average Bonchev–Trinajstić information content (AvgIpc) is 3.15. The van der Waals surface area contributed by atoms with Gasteiger partial charge in [-0.2, -0.15) is 10.2 Å². The molecule has 0 fully saturated rings. The highest BCUT2D eigenvalue weighted by atomic mass is 16.1. The van der Waals surface area contributed by atoms with Gasteiger partial charge >= 0.3 is 0 Å². The number of aromatic nitrogens is 5. The molecule has 3 aromatic heterocycles. The lowest BCUT2D eigenvalue weighted by Gasteiger charge is -2.20. The van der Waals surface area contributed by atoms with Gasteiger partial charge in [0.25, 0.3) is 5.91 Å². The molecule has 3 rings (SSSR count). The van der Waals surface area contributed by atoms with Crippen molar-refractivity contribution in [3.05, 3.63) is 41.0 Å². The summed E-state index contributed by atoms with van der Waals surface area (Å²) in [6.45, 7) is 12.8. The van der Waals surface area contributed by atoms with E-state index in [4.69, 9.17) is 4.98 Å². The molecule has 0 spiro atoms. The topological polar surface area (TPSA) is 77.6 Å². The van der Waals surface area contributed by atoms with E-state index in [1.165, 1.54) is 0 Å². The van der Waals surface area contributed by atoms with Crippen LogP contribution in [0.4, 0.5) is 0 Å². The number of hydrogen-bond acceptors (Lipinski definition) is 4. The number of pyridine rings is 1. The number of nitrogens with zero attached hydrogens (tertiary/aromatic N) is 5. The highest BCUT2D eigenvalue weighted by Gasteiger charge is 2.25. The summed E-state index contributed by atoms with van der Waals surface area (Å²) in [6.07, 6.45) is 3.65. The fourth-order valence-electron chi connectivity index (χ4n) is 3.09. The van der Waals surface area contributed by atoms with E-state index in [2.05, 4.69) is 50.1 Å². The summed E-state index contributed by atoms with van der Waals surface area (Å²) in [5, 5.41) is 12.7. The van der Waals surface area contributed by atoms with Gasteiger partial charge in [0.2, 0.25) is 0 Å². The zero-order chi connectivity index (χ0) is 19.9. The Kier molecular flexibility index (Phi) is 4.80. The van der Waals surface area contributed by atoms with Crippen LogP contribution in [0.3, 0.4) is 0 Å². The fraction of sp³-hybridized carbons (Fsp3) is 0.500. The Morgan fingerprint density at radius 2 is 2.00 bits per heavy atom. The van der Waals surface area contributed by atoms with Crippen LogP contribution in [0.25, 0.3) is 11.0 Å². The van der Waals surface area contributed by atoms with Gasteiger partial charge < -0.3 is 5.32 Å². The minimum Gasteiger partial charge on any atom is -0.348 e. The van der Waals surface area contributed by atoms with Crippen molar-refractivity contribution in [1.29, 1.82) is 0 Å². The molecule has 1 amide bonds. The fourth-order valence-corrected chi connectivity index (χ4v) is 3.09. The molecule has 1 N–H and O–H groups in total. The zero-order valence-corrected chi connectivity index (χ0v) is 17.2. The number of carbonyl (C=O) groups excluding carboxylic acids is 1. The molecule has 0 radical (unpaired) electrons. The van der Waals surface area contributed by atoms with Gasteiger partial charge in [-0.15, -0.1) is 0 Å². The van der Waals surface area contributed by atoms with E-state index in [1.807, 2.05) is 30.9 Å². The van der Waals surface area contributed by atoms with Crippen LogP contribution < -0.4 is 5.32 Å². The van der Waals surface area contributed by atoms with Crippen LogP contribution >= 0.6 is 0 Å². The van der Waals surface area contributed by atoms with Gasteiger partial charge in [-0.05, 0) is 39.7 Å². The van der Waals surface area contributed by atoms with Gasteiger partial charge in [-0.1, -0.05) is 13.8 Å². The molecule has 0 bridgehead atoms. The molecule has 7 heteroatoms. The van der Waals surface area contributed by atoms with E-state index in [0.717, 1.165) is 28.0 Å². The highest BCUT2D eigenvalue weighted by Crippen LogP contribution is 2.28. The summed E-state index contributed by atoms with van der Waals surface area (Å²) < 4.78 is 3.64. The van der Waals surface area contributed by atoms with Gasteiger partial charge in [0.15, 0.2) is 5.65 Å². The first kappa shape index (κ1) is 19.1. The minimum atomic E-state index is -0.224. The Labute approximate surface area is 159 Å². The smallest absolute Gasteiger partial charge is 0.252 e. The van der Waals surface area contributed by atoms with Gasteiger partial charge in [-0.3, -0.25) is 9.48 Å². The second kappa shape index (κ2) is 6.79. The van der Waals surface area contributed by atoms with E-state index < -0.39 is 0 Å². The predicted octanol–water partition coefficient (Wildman–Crippen LogP) is 3.28. The number of carbonyl (C=O) groups is 1. The van der Waals surface area contributed by atoms with E-state index in [1.54, 1.807) is 10.9 Å². The second-order valence-corrected chi connectivity index (χ2v) is 8.32. The lowest BCUT2D eigenvalue weighted by molar-refractivity contribution is 0.0952. The maximum atomic E-state index is 13.0. The van der Waals surface area contributed by atoms with Crippen LogP contribution in [0.5, 0.6) is 0 Å². The molecule has 3 heterocycles. The largest absolute Gasteiger partial charge is 0.348 e. The quantitative estimate of drug-likeness (QED) is 0.766. The van der Waals surface area contributed by atoms with Crippen LogP contribution in [-0.4, -0.2) is 30.5 Å². The van der Waals surface area contributed by atoms with E-state index in [9.17, 15) is 4.79 Å². The summed E-state index contributed by atoms with van der Waals surface area (Å²) >= 11 is 0. The van der Waals surface area contributed by atoms with Crippen LogP contribution in [-0.2, 0) is 19.1 Å². The van der Waals surface area contributed by atoms with E-state index >= 15 is 0 Å². The van der Waals surface area contributed by atoms with Gasteiger partial charge in [0, 0.05) is 31.0 Å². The Hall–Kier alpha value is -2.70. The molecule has 0 saturated carbocycles. The number of amides is 1. The normalized spacial score (nSPS) is 12.1. The second-order valence-electron chi connectivity index (χ2n) is 8.32. The highest BCUT2D eigenvalue weighted by molar-refractivity contribution is 6.06. The summed E-state index contributed by atoms with van der Waals surface area (Å²) in [5.41, 5.74) is 3.83. The lowest BCUT2D eigenvalue weighted by atomic mass is 10.0. The number of fused-ring (bicyclic) bond motifs is 1. The standard InChI is InChI=1S/C20H28N6O/c1-12(2)16-8-15(19(27)21-9-14-10-22-25(7)11-14)17-13(3)24-26(18(17)23-16)20(4,5)6/h8,10-12H,9H2,1-7H3,(H,21,27). The SMILES string of the molecule is Cc1nn(C(C)(C)C)c2nc(C(C)C)cc(C(=O)NCc3cnn(C)c3)c12. The van der Waals surface area contributed by atoms with Crippen molar-refractivity contribution in [2.75, 3.05) is 0 Å². The Morgan fingerprint density at radius 1 is 1.30 bits per heavy atom. The van der Waals surface area contributed by atoms with E-state index in [0.29, 0.717) is 12.1 Å². The molecule has 27 heavy (non-hydrogen) atoms. The predicted molar refractivity (Wildman–Crippen MR) is 106 cm³/mol. The maximum Gasteiger partial charge on any atom is 0.252 e. The van der Waals surface area contributed by atoms with Crippen molar-refractivity contribution in [1.82, 2.24) is 29.9 Å². The third-order valence-corrected chi connectivity index (χ3v) is 4.52. The molecule has 0 saturated heterocycles. The van der Waals surface area contributed by atoms with Gasteiger partial charge in [-0.25, -0.2) is 9.67 Å². The molecule has 7 nitrogen and oxygen atoms in total. The summed E-state index contributed by atoms with van der Waals surface area (Å²) in [5.74, 6) is 0.0904. The maximum absolute atomic E-state index is 13.0. The molecular formula is C20H28N6O.